The molecule has 0 aromatic heterocycles. The summed E-state index contributed by atoms with van der Waals surface area (Å²) in [6.07, 6.45) is 0. The zero-order chi connectivity index (χ0) is 13.9. The maximum absolute atomic E-state index is 11.7. The van der Waals surface area contributed by atoms with Crippen molar-refractivity contribution in [3.05, 3.63) is 23.8 Å². The van der Waals surface area contributed by atoms with Crippen LogP contribution in [0.1, 0.15) is 24.2 Å². The van der Waals surface area contributed by atoms with Crippen molar-refractivity contribution in [2.24, 2.45) is 5.92 Å². The Morgan fingerprint density at radius 3 is 2.50 bits per heavy atom. The minimum atomic E-state index is -3.60. The molecule has 0 saturated heterocycles. The summed E-state index contributed by atoms with van der Waals surface area (Å²) < 4.78 is 25.5. The number of phenolic OH excluding ortho intramolecular Hbond substituents is 1. The highest BCUT2D eigenvalue weighted by molar-refractivity contribution is 7.92. The number of aromatic carboxylic acids is 1. The van der Waals surface area contributed by atoms with Crippen LogP contribution in [0.2, 0.25) is 0 Å². The van der Waals surface area contributed by atoms with E-state index < -0.39 is 16.0 Å². The summed E-state index contributed by atoms with van der Waals surface area (Å²) in [7, 11) is -3.60. The molecule has 0 bridgehead atoms. The van der Waals surface area contributed by atoms with Crippen molar-refractivity contribution in [3.8, 4) is 5.75 Å². The molecule has 0 spiro atoms. The molecule has 0 amide bonds. The van der Waals surface area contributed by atoms with Crippen molar-refractivity contribution in [1.82, 2.24) is 0 Å². The minimum absolute atomic E-state index is 0.0766. The van der Waals surface area contributed by atoms with Crippen molar-refractivity contribution in [1.29, 1.82) is 0 Å². The summed E-state index contributed by atoms with van der Waals surface area (Å²) in [5.41, 5.74) is -0.231. The van der Waals surface area contributed by atoms with Gasteiger partial charge in [0.25, 0.3) is 0 Å². The number of aromatic hydroxyl groups is 1. The normalized spacial score (nSPS) is 11.5. The first kappa shape index (κ1) is 14.3. The lowest BCUT2D eigenvalue weighted by Crippen LogP contribution is -2.20. The first-order valence-corrected chi connectivity index (χ1v) is 6.93. The maximum atomic E-state index is 11.7. The van der Waals surface area contributed by atoms with E-state index in [1.807, 2.05) is 0 Å². The van der Waals surface area contributed by atoms with E-state index in [1.54, 1.807) is 13.8 Å². The molecule has 0 aliphatic carbocycles. The van der Waals surface area contributed by atoms with Crippen molar-refractivity contribution in [2.75, 3.05) is 10.5 Å². The van der Waals surface area contributed by atoms with Gasteiger partial charge in [-0.05, 0) is 24.1 Å². The van der Waals surface area contributed by atoms with Crippen molar-refractivity contribution in [2.45, 2.75) is 13.8 Å². The Bertz CT molecular complexity index is 551. The van der Waals surface area contributed by atoms with E-state index >= 15 is 0 Å². The molecule has 0 radical (unpaired) electrons. The topological polar surface area (TPSA) is 104 Å². The van der Waals surface area contributed by atoms with Crippen LogP contribution in [0.3, 0.4) is 0 Å². The van der Waals surface area contributed by atoms with E-state index in [0.717, 1.165) is 12.1 Å². The van der Waals surface area contributed by atoms with Gasteiger partial charge in [0.2, 0.25) is 10.0 Å². The molecule has 100 valence electrons. The van der Waals surface area contributed by atoms with Gasteiger partial charge < -0.3 is 10.2 Å². The van der Waals surface area contributed by atoms with Gasteiger partial charge in [0.1, 0.15) is 5.75 Å². The van der Waals surface area contributed by atoms with E-state index in [1.165, 1.54) is 6.07 Å². The minimum Gasteiger partial charge on any atom is -0.506 e. The predicted molar refractivity (Wildman–Crippen MR) is 67.3 cm³/mol. The van der Waals surface area contributed by atoms with Crippen LogP contribution < -0.4 is 4.72 Å². The summed E-state index contributed by atoms with van der Waals surface area (Å²) in [5, 5.41) is 18.3. The molecule has 0 aliphatic heterocycles. The van der Waals surface area contributed by atoms with E-state index in [2.05, 4.69) is 4.72 Å². The highest BCUT2D eigenvalue weighted by Gasteiger charge is 2.16. The number of hydrogen-bond acceptors (Lipinski definition) is 4. The van der Waals surface area contributed by atoms with Gasteiger partial charge in [-0.1, -0.05) is 13.8 Å². The molecule has 1 rings (SSSR count). The van der Waals surface area contributed by atoms with Gasteiger partial charge >= 0.3 is 5.97 Å². The van der Waals surface area contributed by atoms with Crippen molar-refractivity contribution < 1.29 is 23.4 Å². The van der Waals surface area contributed by atoms with Crippen LogP contribution >= 0.6 is 0 Å². The highest BCUT2D eigenvalue weighted by atomic mass is 32.2. The molecule has 0 unspecified atom stereocenters. The summed E-state index contributed by atoms with van der Waals surface area (Å²) in [4.78, 5) is 10.7. The molecule has 6 nitrogen and oxygen atoms in total. The molecule has 0 heterocycles. The molecule has 0 fully saturated rings. The highest BCUT2D eigenvalue weighted by Crippen LogP contribution is 2.25. The molecule has 7 heteroatoms. The molecule has 18 heavy (non-hydrogen) atoms. The maximum Gasteiger partial charge on any atom is 0.335 e. The van der Waals surface area contributed by atoms with Gasteiger partial charge in [-0.2, -0.15) is 0 Å². The first-order valence-electron chi connectivity index (χ1n) is 5.28. The number of hydrogen-bond donors (Lipinski definition) is 3. The van der Waals surface area contributed by atoms with Crippen LogP contribution in [0, 0.1) is 5.92 Å². The Morgan fingerprint density at radius 1 is 1.39 bits per heavy atom. The number of carboxylic acid groups (broad SMARTS) is 1. The number of rotatable bonds is 5. The van der Waals surface area contributed by atoms with Crippen LogP contribution in [-0.2, 0) is 10.0 Å². The van der Waals surface area contributed by atoms with E-state index in [0.29, 0.717) is 0 Å². The number of anilines is 1. The second kappa shape index (κ2) is 5.26. The summed E-state index contributed by atoms with van der Waals surface area (Å²) in [6.45, 7) is 3.49. The smallest absolute Gasteiger partial charge is 0.335 e. The SMILES string of the molecule is CC(C)CS(=O)(=O)Nc1cc(C(=O)O)ccc1O. The second-order valence-electron chi connectivity index (χ2n) is 4.31. The molecule has 0 aliphatic rings. The first-order chi connectivity index (χ1) is 8.21. The van der Waals surface area contributed by atoms with Gasteiger partial charge in [-0.25, -0.2) is 13.2 Å². The van der Waals surface area contributed by atoms with Crippen LogP contribution in [-0.4, -0.2) is 30.4 Å². The fourth-order valence-electron chi connectivity index (χ4n) is 1.40. The molecule has 0 saturated carbocycles. The largest absolute Gasteiger partial charge is 0.506 e. The molecule has 1 aromatic carbocycles. The lowest BCUT2D eigenvalue weighted by atomic mass is 10.2. The van der Waals surface area contributed by atoms with E-state index in [9.17, 15) is 18.3 Å². The Kier molecular flexibility index (Phi) is 4.18. The third kappa shape index (κ3) is 3.92. The average Bonchev–Trinajstić information content (AvgIpc) is 2.18. The summed E-state index contributed by atoms with van der Waals surface area (Å²) in [6, 6.07) is 3.41. The zero-order valence-corrected chi connectivity index (χ0v) is 10.9. The van der Waals surface area contributed by atoms with Gasteiger partial charge in [0.05, 0.1) is 17.0 Å². The third-order valence-corrected chi connectivity index (χ3v) is 3.70. The van der Waals surface area contributed by atoms with E-state index in [4.69, 9.17) is 5.11 Å². The van der Waals surface area contributed by atoms with Crippen LogP contribution in [0.15, 0.2) is 18.2 Å². The Balaban J connectivity index is 3.04. The molecule has 1 aromatic rings. The molecular weight excluding hydrogens is 258 g/mol. The molecule has 3 N–H and O–H groups in total. The monoisotopic (exact) mass is 273 g/mol. The molecule has 0 atom stereocenters. The Labute approximate surface area is 105 Å². The predicted octanol–water partition coefficient (Wildman–Crippen LogP) is 1.49. The van der Waals surface area contributed by atoms with Crippen molar-refractivity contribution >= 4 is 21.7 Å². The van der Waals surface area contributed by atoms with E-state index in [-0.39, 0.29) is 28.7 Å². The van der Waals surface area contributed by atoms with Gasteiger partial charge in [0.15, 0.2) is 0 Å². The quantitative estimate of drug-likeness (QED) is 0.705. The second-order valence-corrected chi connectivity index (χ2v) is 6.08. The van der Waals surface area contributed by atoms with Gasteiger partial charge in [-0.15, -0.1) is 0 Å². The lowest BCUT2D eigenvalue weighted by Gasteiger charge is -2.11. The summed E-state index contributed by atoms with van der Waals surface area (Å²) >= 11 is 0. The summed E-state index contributed by atoms with van der Waals surface area (Å²) in [5.74, 6) is -1.69. The number of nitrogens with one attached hydrogen (secondary N) is 1. The number of carbonyl (C=O) groups is 1. The number of sulfonamides is 1. The van der Waals surface area contributed by atoms with Crippen LogP contribution in [0.5, 0.6) is 5.75 Å². The number of benzene rings is 1. The average molecular weight is 273 g/mol. The zero-order valence-electron chi connectivity index (χ0n) is 10.0. The standard InChI is InChI=1S/C11H15NO5S/c1-7(2)6-18(16,17)12-9-5-8(11(14)15)3-4-10(9)13/h3-5,7,12-13H,6H2,1-2H3,(H,14,15). The number of phenols is 1. The third-order valence-electron chi connectivity index (χ3n) is 2.06. The fourth-order valence-corrected chi connectivity index (χ4v) is 2.86. The van der Waals surface area contributed by atoms with Crippen LogP contribution in [0.25, 0.3) is 0 Å². The van der Waals surface area contributed by atoms with Crippen LogP contribution in [0.4, 0.5) is 5.69 Å². The van der Waals surface area contributed by atoms with Crippen molar-refractivity contribution in [3.63, 3.8) is 0 Å². The molecular formula is C11H15NO5S. The number of carboxylic acids is 1. The van der Waals surface area contributed by atoms with Gasteiger partial charge in [0, 0.05) is 0 Å². The Hall–Kier alpha value is -1.76. The lowest BCUT2D eigenvalue weighted by molar-refractivity contribution is 0.0697. The fraction of sp³-hybridized carbons (Fsp3) is 0.364. The Morgan fingerprint density at radius 2 is 2.00 bits per heavy atom. The van der Waals surface area contributed by atoms with Gasteiger partial charge in [-0.3, -0.25) is 4.72 Å².